The van der Waals surface area contributed by atoms with Crippen LogP contribution in [0.15, 0.2) is 29.4 Å². The van der Waals surface area contributed by atoms with Gasteiger partial charge in [-0.05, 0) is 56.1 Å². The van der Waals surface area contributed by atoms with E-state index in [1.54, 1.807) is 13.8 Å². The van der Waals surface area contributed by atoms with E-state index in [4.69, 9.17) is 0 Å². The van der Waals surface area contributed by atoms with Gasteiger partial charge in [-0.25, -0.2) is 9.97 Å². The third-order valence-electron chi connectivity index (χ3n) is 3.62. The van der Waals surface area contributed by atoms with Crippen molar-refractivity contribution >= 4 is 23.4 Å². The maximum atomic E-state index is 12.4. The molecule has 1 aromatic carbocycles. The van der Waals surface area contributed by atoms with Crippen molar-refractivity contribution in [2.45, 2.75) is 44.5 Å². The molecule has 24 heavy (non-hydrogen) atoms. The molecule has 0 unspecified atom stereocenters. The molecule has 7 heteroatoms. The van der Waals surface area contributed by atoms with Gasteiger partial charge in [-0.3, -0.25) is 4.79 Å². The van der Waals surface area contributed by atoms with Gasteiger partial charge in [0.05, 0.1) is 0 Å². The van der Waals surface area contributed by atoms with Crippen LogP contribution in [0.3, 0.4) is 0 Å². The summed E-state index contributed by atoms with van der Waals surface area (Å²) in [6.45, 7) is 5.43. The standard InChI is InChI=1S/C17H19F2N3OS/c1-10-6-4-5-7-14(10)22-15(23)9-8-13-11(2)20-17(21-12(13)3)24-16(18)19/h4-7,16H,8-9H2,1-3H3,(H,22,23). The Balaban J connectivity index is 2.01. The first-order valence-corrected chi connectivity index (χ1v) is 8.39. The van der Waals surface area contributed by atoms with Crippen molar-refractivity contribution in [3.63, 3.8) is 0 Å². The second-order valence-corrected chi connectivity index (χ2v) is 6.35. The number of nitrogens with zero attached hydrogens (tertiary/aromatic N) is 2. The van der Waals surface area contributed by atoms with Crippen LogP contribution in [-0.2, 0) is 11.2 Å². The number of thioether (sulfide) groups is 1. The van der Waals surface area contributed by atoms with Crippen molar-refractivity contribution in [1.29, 1.82) is 0 Å². The van der Waals surface area contributed by atoms with Gasteiger partial charge in [0.15, 0.2) is 5.16 Å². The lowest BCUT2D eigenvalue weighted by atomic mass is 10.1. The van der Waals surface area contributed by atoms with Crippen molar-refractivity contribution < 1.29 is 13.6 Å². The predicted molar refractivity (Wildman–Crippen MR) is 91.5 cm³/mol. The molecule has 0 aliphatic rings. The molecule has 0 spiro atoms. The number of carbonyl (C=O) groups is 1. The second kappa shape index (κ2) is 8.19. The molecule has 2 aromatic rings. The summed E-state index contributed by atoms with van der Waals surface area (Å²) < 4.78 is 24.8. The monoisotopic (exact) mass is 351 g/mol. The second-order valence-electron chi connectivity index (χ2n) is 5.40. The van der Waals surface area contributed by atoms with Crippen LogP contribution in [0.2, 0.25) is 0 Å². The minimum atomic E-state index is -2.55. The zero-order chi connectivity index (χ0) is 17.7. The highest BCUT2D eigenvalue weighted by molar-refractivity contribution is 7.99. The molecule has 0 bridgehead atoms. The van der Waals surface area contributed by atoms with Gasteiger partial charge in [0.25, 0.3) is 5.76 Å². The summed E-state index contributed by atoms with van der Waals surface area (Å²) >= 11 is 0.328. The average molecular weight is 351 g/mol. The molecule has 2 rings (SSSR count). The Bertz CT molecular complexity index is 715. The summed E-state index contributed by atoms with van der Waals surface area (Å²) in [6.07, 6.45) is 0.746. The lowest BCUT2D eigenvalue weighted by Crippen LogP contribution is -2.14. The summed E-state index contributed by atoms with van der Waals surface area (Å²) in [5, 5.41) is 2.94. The molecule has 0 atom stereocenters. The lowest BCUT2D eigenvalue weighted by molar-refractivity contribution is -0.116. The molecule has 0 saturated heterocycles. The Morgan fingerprint density at radius 3 is 2.38 bits per heavy atom. The molecule has 0 fully saturated rings. The normalized spacial score (nSPS) is 10.9. The van der Waals surface area contributed by atoms with Crippen LogP contribution in [0, 0.1) is 20.8 Å². The maximum Gasteiger partial charge on any atom is 0.291 e. The number of aryl methyl sites for hydroxylation is 3. The highest BCUT2D eigenvalue weighted by Gasteiger charge is 2.14. The van der Waals surface area contributed by atoms with Gasteiger partial charge in [0, 0.05) is 23.5 Å². The molecule has 0 saturated carbocycles. The quantitative estimate of drug-likeness (QED) is 0.623. The summed E-state index contributed by atoms with van der Waals surface area (Å²) in [5.74, 6) is -2.65. The third-order valence-corrected chi connectivity index (χ3v) is 4.19. The molecule has 1 N–H and O–H groups in total. The van der Waals surface area contributed by atoms with E-state index < -0.39 is 5.76 Å². The summed E-state index contributed by atoms with van der Waals surface area (Å²) in [5.41, 5.74) is 3.88. The van der Waals surface area contributed by atoms with Gasteiger partial charge in [-0.1, -0.05) is 18.2 Å². The molecular weight excluding hydrogens is 332 g/mol. The van der Waals surface area contributed by atoms with Crippen molar-refractivity contribution in [2.75, 3.05) is 5.32 Å². The van der Waals surface area contributed by atoms with Crippen LogP contribution in [-0.4, -0.2) is 21.6 Å². The molecule has 4 nitrogen and oxygen atoms in total. The SMILES string of the molecule is Cc1ccccc1NC(=O)CCc1c(C)nc(SC(F)F)nc1C. The summed E-state index contributed by atoms with van der Waals surface area (Å²) in [4.78, 5) is 20.3. The average Bonchev–Trinajstić information content (AvgIpc) is 2.48. The van der Waals surface area contributed by atoms with E-state index in [9.17, 15) is 13.6 Å². The fourth-order valence-electron chi connectivity index (χ4n) is 2.37. The van der Waals surface area contributed by atoms with E-state index in [1.165, 1.54) is 0 Å². The molecule has 0 radical (unpaired) electrons. The highest BCUT2D eigenvalue weighted by Crippen LogP contribution is 2.24. The summed E-state index contributed by atoms with van der Waals surface area (Å²) in [6, 6.07) is 7.55. The van der Waals surface area contributed by atoms with Crippen LogP contribution in [0.4, 0.5) is 14.5 Å². The number of alkyl halides is 2. The van der Waals surface area contributed by atoms with Crippen molar-refractivity contribution in [2.24, 2.45) is 0 Å². The predicted octanol–water partition coefficient (Wildman–Crippen LogP) is 4.29. The Hall–Kier alpha value is -2.02. The highest BCUT2D eigenvalue weighted by atomic mass is 32.2. The fourth-order valence-corrected chi connectivity index (χ4v) is 2.91. The lowest BCUT2D eigenvalue weighted by Gasteiger charge is -2.11. The van der Waals surface area contributed by atoms with Crippen LogP contribution in [0.5, 0.6) is 0 Å². The zero-order valence-electron chi connectivity index (χ0n) is 13.8. The van der Waals surface area contributed by atoms with Gasteiger partial charge in [-0.2, -0.15) is 8.78 Å². The van der Waals surface area contributed by atoms with E-state index >= 15 is 0 Å². The van der Waals surface area contributed by atoms with E-state index in [2.05, 4.69) is 15.3 Å². The minimum Gasteiger partial charge on any atom is -0.326 e. The van der Waals surface area contributed by atoms with E-state index in [0.717, 1.165) is 16.8 Å². The number of carbonyl (C=O) groups excluding carboxylic acids is 1. The molecule has 128 valence electrons. The van der Waals surface area contributed by atoms with Crippen LogP contribution >= 0.6 is 11.8 Å². The van der Waals surface area contributed by atoms with Gasteiger partial charge < -0.3 is 5.32 Å². The molecule has 1 heterocycles. The maximum absolute atomic E-state index is 12.4. The molecule has 1 aromatic heterocycles. The molecule has 0 aliphatic carbocycles. The number of amides is 1. The molecule has 0 aliphatic heterocycles. The fraction of sp³-hybridized carbons (Fsp3) is 0.353. The molecule has 1 amide bonds. The van der Waals surface area contributed by atoms with E-state index in [-0.39, 0.29) is 17.5 Å². The Morgan fingerprint density at radius 2 is 1.79 bits per heavy atom. The van der Waals surface area contributed by atoms with Crippen molar-refractivity contribution in [3.8, 4) is 0 Å². The van der Waals surface area contributed by atoms with Gasteiger partial charge in [0.2, 0.25) is 5.91 Å². The van der Waals surface area contributed by atoms with Gasteiger partial charge >= 0.3 is 0 Å². The number of halogens is 2. The molecular formula is C17H19F2N3OS. The van der Waals surface area contributed by atoms with Crippen molar-refractivity contribution in [3.05, 3.63) is 46.8 Å². The number of hydrogen-bond acceptors (Lipinski definition) is 4. The first-order chi connectivity index (χ1) is 11.4. The Labute approximate surface area is 144 Å². The smallest absolute Gasteiger partial charge is 0.291 e. The number of rotatable bonds is 6. The number of benzene rings is 1. The minimum absolute atomic E-state index is 0.0631. The first kappa shape index (κ1) is 18.3. The number of aromatic nitrogens is 2. The third kappa shape index (κ3) is 4.99. The first-order valence-electron chi connectivity index (χ1n) is 7.51. The number of hydrogen-bond donors (Lipinski definition) is 1. The zero-order valence-corrected chi connectivity index (χ0v) is 14.6. The number of nitrogens with one attached hydrogen (secondary N) is 1. The van der Waals surface area contributed by atoms with Crippen LogP contribution in [0.1, 0.15) is 28.9 Å². The van der Waals surface area contributed by atoms with E-state index in [1.807, 2.05) is 31.2 Å². The Kier molecular flexibility index (Phi) is 6.25. The van der Waals surface area contributed by atoms with Gasteiger partial charge in [-0.15, -0.1) is 0 Å². The van der Waals surface area contributed by atoms with Gasteiger partial charge in [0.1, 0.15) is 0 Å². The van der Waals surface area contributed by atoms with Crippen LogP contribution in [0.25, 0.3) is 0 Å². The Morgan fingerprint density at radius 1 is 1.17 bits per heavy atom. The number of anilines is 1. The summed E-state index contributed by atoms with van der Waals surface area (Å²) in [7, 11) is 0. The number of para-hydroxylation sites is 1. The van der Waals surface area contributed by atoms with E-state index in [0.29, 0.717) is 29.6 Å². The van der Waals surface area contributed by atoms with Crippen molar-refractivity contribution in [1.82, 2.24) is 9.97 Å². The van der Waals surface area contributed by atoms with Crippen LogP contribution < -0.4 is 5.32 Å². The topological polar surface area (TPSA) is 54.9 Å². The largest absolute Gasteiger partial charge is 0.326 e.